The van der Waals surface area contributed by atoms with Gasteiger partial charge < -0.3 is 0 Å². The highest BCUT2D eigenvalue weighted by Crippen LogP contribution is 2.38. The van der Waals surface area contributed by atoms with Crippen molar-refractivity contribution in [3.63, 3.8) is 0 Å². The second-order valence-electron chi connectivity index (χ2n) is 3.67. The minimum absolute atomic E-state index is 0.234. The molecular formula is C9H14F4. The first-order valence-corrected chi connectivity index (χ1v) is 4.07. The summed E-state index contributed by atoms with van der Waals surface area (Å²) in [6.07, 6.45) is -4.38. The third-order valence-corrected chi connectivity index (χ3v) is 2.48. The minimum Gasteiger partial charge on any atom is -0.202 e. The molecule has 0 aromatic rings. The molecule has 78 valence electrons. The lowest BCUT2D eigenvalue weighted by Gasteiger charge is -2.25. The van der Waals surface area contributed by atoms with Gasteiger partial charge in [0.05, 0.1) is 0 Å². The summed E-state index contributed by atoms with van der Waals surface area (Å²) in [4.78, 5) is 0. The smallest absolute Gasteiger partial charge is 0.202 e. The van der Waals surface area contributed by atoms with E-state index in [9.17, 15) is 17.6 Å². The molecule has 4 heteroatoms. The third kappa shape index (κ3) is 3.01. The van der Waals surface area contributed by atoms with Crippen LogP contribution in [0.4, 0.5) is 17.6 Å². The van der Waals surface area contributed by atoms with Gasteiger partial charge in [0.25, 0.3) is 0 Å². The highest BCUT2D eigenvalue weighted by molar-refractivity contribution is 5.16. The van der Waals surface area contributed by atoms with Gasteiger partial charge in [-0.05, 0) is 24.3 Å². The van der Waals surface area contributed by atoms with Crippen molar-refractivity contribution >= 4 is 0 Å². The average molecular weight is 198 g/mol. The second kappa shape index (κ2) is 3.68. The van der Waals surface area contributed by atoms with Gasteiger partial charge in [0.1, 0.15) is 0 Å². The summed E-state index contributed by atoms with van der Waals surface area (Å²) in [5, 5.41) is 0. The molecule has 0 spiro atoms. The van der Waals surface area contributed by atoms with Gasteiger partial charge in [-0.2, -0.15) is 13.2 Å². The highest BCUT2D eigenvalue weighted by atomic mass is 19.4. The first kappa shape index (κ1) is 12.5. The van der Waals surface area contributed by atoms with Crippen molar-refractivity contribution in [2.75, 3.05) is 0 Å². The normalized spacial score (nSPS) is 15.7. The van der Waals surface area contributed by atoms with E-state index in [1.165, 1.54) is 6.92 Å². The van der Waals surface area contributed by atoms with Crippen LogP contribution >= 0.6 is 0 Å². The average Bonchev–Trinajstić information content (AvgIpc) is 2.00. The summed E-state index contributed by atoms with van der Waals surface area (Å²) < 4.78 is 48.5. The quantitative estimate of drug-likeness (QED) is 0.582. The highest BCUT2D eigenvalue weighted by Gasteiger charge is 2.39. The maximum atomic E-state index is 12.7. The summed E-state index contributed by atoms with van der Waals surface area (Å²) in [5.74, 6) is -1.96. The van der Waals surface area contributed by atoms with Crippen molar-refractivity contribution in [1.82, 2.24) is 0 Å². The van der Waals surface area contributed by atoms with Crippen LogP contribution in [-0.2, 0) is 0 Å². The molecule has 0 heterocycles. The van der Waals surface area contributed by atoms with Crippen molar-refractivity contribution in [1.29, 1.82) is 0 Å². The van der Waals surface area contributed by atoms with Gasteiger partial charge in [-0.15, -0.1) is 0 Å². The van der Waals surface area contributed by atoms with Gasteiger partial charge in [0.15, 0.2) is 0 Å². The number of allylic oxidation sites excluding steroid dienone is 2. The topological polar surface area (TPSA) is 0 Å². The van der Waals surface area contributed by atoms with Crippen molar-refractivity contribution in [2.24, 2.45) is 5.41 Å². The Bertz CT molecular complexity index is 210. The van der Waals surface area contributed by atoms with E-state index in [0.29, 0.717) is 6.42 Å². The summed E-state index contributed by atoms with van der Waals surface area (Å²) in [5.41, 5.74) is -0.970. The zero-order chi connectivity index (χ0) is 10.9. The number of hydrogen-bond donors (Lipinski definition) is 0. The Balaban J connectivity index is 5.04. The Labute approximate surface area is 75.6 Å². The van der Waals surface area contributed by atoms with Crippen LogP contribution in [0.3, 0.4) is 0 Å². The minimum atomic E-state index is -4.85. The summed E-state index contributed by atoms with van der Waals surface area (Å²) in [7, 11) is 0. The van der Waals surface area contributed by atoms with Gasteiger partial charge in [-0.3, -0.25) is 0 Å². The fourth-order valence-electron chi connectivity index (χ4n) is 0.775. The van der Waals surface area contributed by atoms with E-state index in [2.05, 4.69) is 0 Å². The van der Waals surface area contributed by atoms with Crippen LogP contribution in [0.25, 0.3) is 0 Å². The molecule has 0 aromatic heterocycles. The molecule has 0 aliphatic carbocycles. The molecule has 0 unspecified atom stereocenters. The van der Waals surface area contributed by atoms with Crippen LogP contribution in [0, 0.1) is 5.41 Å². The second-order valence-corrected chi connectivity index (χ2v) is 3.67. The van der Waals surface area contributed by atoms with Crippen LogP contribution in [-0.4, -0.2) is 6.18 Å². The van der Waals surface area contributed by atoms with E-state index < -0.39 is 17.4 Å². The fourth-order valence-corrected chi connectivity index (χ4v) is 0.775. The van der Waals surface area contributed by atoms with Gasteiger partial charge in [-0.25, -0.2) is 4.39 Å². The first-order chi connectivity index (χ1) is 5.63. The Hall–Kier alpha value is -0.540. The lowest BCUT2D eigenvalue weighted by molar-refractivity contribution is -0.110. The van der Waals surface area contributed by atoms with Crippen LogP contribution in [0.2, 0.25) is 0 Å². The lowest BCUT2D eigenvalue weighted by atomic mass is 9.82. The van der Waals surface area contributed by atoms with Crippen molar-refractivity contribution in [3.05, 3.63) is 11.4 Å². The van der Waals surface area contributed by atoms with E-state index in [1.807, 2.05) is 0 Å². The van der Waals surface area contributed by atoms with Crippen molar-refractivity contribution < 1.29 is 17.6 Å². The third-order valence-electron chi connectivity index (χ3n) is 2.48. The van der Waals surface area contributed by atoms with E-state index in [0.717, 1.165) is 0 Å². The van der Waals surface area contributed by atoms with Gasteiger partial charge in [0, 0.05) is 0 Å². The van der Waals surface area contributed by atoms with E-state index in [1.54, 1.807) is 20.8 Å². The standard InChI is InChI=1S/C9H14F4/c1-5-8(3,4)6(2)7(10)9(11,12)13/h5H2,1-4H3/b7-6-. The zero-order valence-electron chi connectivity index (χ0n) is 8.22. The Morgan fingerprint density at radius 1 is 1.15 bits per heavy atom. The molecule has 0 fully saturated rings. The zero-order valence-corrected chi connectivity index (χ0v) is 8.22. The molecule has 0 N–H and O–H groups in total. The van der Waals surface area contributed by atoms with Gasteiger partial charge in [-0.1, -0.05) is 20.8 Å². The number of alkyl halides is 3. The van der Waals surface area contributed by atoms with E-state index in [4.69, 9.17) is 0 Å². The SMILES string of the molecule is CCC(C)(C)/C(C)=C(\F)C(F)(F)F. The fraction of sp³-hybridized carbons (Fsp3) is 0.778. The predicted molar refractivity (Wildman–Crippen MR) is 43.9 cm³/mol. The van der Waals surface area contributed by atoms with Crippen LogP contribution < -0.4 is 0 Å². The molecule has 0 rings (SSSR count). The van der Waals surface area contributed by atoms with Gasteiger partial charge >= 0.3 is 6.18 Å². The summed E-state index contributed by atoms with van der Waals surface area (Å²) >= 11 is 0. The van der Waals surface area contributed by atoms with Crippen molar-refractivity contribution in [2.45, 2.75) is 40.3 Å². The monoisotopic (exact) mass is 198 g/mol. The van der Waals surface area contributed by atoms with Crippen LogP contribution in [0.1, 0.15) is 34.1 Å². The van der Waals surface area contributed by atoms with E-state index >= 15 is 0 Å². The summed E-state index contributed by atoms with van der Waals surface area (Å²) in [6.45, 7) is 6.10. The molecule has 0 saturated heterocycles. The Morgan fingerprint density at radius 2 is 1.54 bits per heavy atom. The number of hydrogen-bond acceptors (Lipinski definition) is 0. The molecule has 0 amide bonds. The molecule has 0 aliphatic heterocycles. The maximum absolute atomic E-state index is 12.7. The van der Waals surface area contributed by atoms with Crippen LogP contribution in [0.5, 0.6) is 0 Å². The largest absolute Gasteiger partial charge is 0.442 e. The molecule has 0 aromatic carbocycles. The lowest BCUT2D eigenvalue weighted by Crippen LogP contribution is -2.18. The molecule has 0 radical (unpaired) electrons. The Morgan fingerprint density at radius 3 is 1.77 bits per heavy atom. The molecule has 0 atom stereocenters. The predicted octanol–water partition coefficient (Wildman–Crippen LogP) is 4.23. The molecule has 13 heavy (non-hydrogen) atoms. The summed E-state index contributed by atoms with van der Waals surface area (Å²) in [6, 6.07) is 0. The Kier molecular flexibility index (Phi) is 3.53. The van der Waals surface area contributed by atoms with Gasteiger partial charge in [0.2, 0.25) is 5.83 Å². The number of halogens is 4. The molecular weight excluding hydrogens is 184 g/mol. The molecule has 0 saturated carbocycles. The number of rotatable bonds is 2. The van der Waals surface area contributed by atoms with Crippen LogP contribution in [0.15, 0.2) is 11.4 Å². The molecule has 0 nitrogen and oxygen atoms in total. The van der Waals surface area contributed by atoms with E-state index in [-0.39, 0.29) is 5.57 Å². The molecule has 0 bridgehead atoms. The molecule has 0 aliphatic rings. The van der Waals surface area contributed by atoms with Crippen molar-refractivity contribution in [3.8, 4) is 0 Å². The first-order valence-electron chi connectivity index (χ1n) is 4.07. The maximum Gasteiger partial charge on any atom is 0.442 e.